The third-order valence-corrected chi connectivity index (χ3v) is 5.64. The van der Waals surface area contributed by atoms with E-state index in [2.05, 4.69) is 9.82 Å². The van der Waals surface area contributed by atoms with Gasteiger partial charge in [0.25, 0.3) is 0 Å². The first-order valence-corrected chi connectivity index (χ1v) is 10.2. The highest BCUT2D eigenvalue weighted by Crippen LogP contribution is 2.19. The van der Waals surface area contributed by atoms with Gasteiger partial charge >= 0.3 is 0 Å². The Hall–Kier alpha value is -1.96. The number of aromatic nitrogens is 2. The summed E-state index contributed by atoms with van der Waals surface area (Å²) in [5, 5.41) is 8.50. The summed E-state index contributed by atoms with van der Waals surface area (Å²) in [6, 6.07) is 11.5. The zero-order valence-electron chi connectivity index (χ0n) is 13.3. The third kappa shape index (κ3) is 4.53. The summed E-state index contributed by atoms with van der Waals surface area (Å²) in [4.78, 5) is 0. The Kier molecular flexibility index (Phi) is 5.13. The molecule has 3 aromatic rings. The van der Waals surface area contributed by atoms with Crippen molar-refractivity contribution in [1.29, 1.82) is 0 Å². The average molecular weight is 361 g/mol. The molecule has 5 nitrogen and oxygen atoms in total. The molecule has 0 atom stereocenters. The Labute approximate surface area is 146 Å². The Morgan fingerprint density at radius 2 is 1.96 bits per heavy atom. The largest absolute Gasteiger partial charge is 0.271 e. The summed E-state index contributed by atoms with van der Waals surface area (Å²) in [5.74, 6) is -0.00740. The average Bonchev–Trinajstić information content (AvgIpc) is 3.20. The highest BCUT2D eigenvalue weighted by molar-refractivity contribution is 7.88. The number of benzene rings is 1. The van der Waals surface area contributed by atoms with Crippen molar-refractivity contribution in [2.45, 2.75) is 19.2 Å². The molecule has 0 aliphatic heterocycles. The monoisotopic (exact) mass is 361 g/mol. The van der Waals surface area contributed by atoms with Gasteiger partial charge in [0.05, 0.1) is 18.0 Å². The zero-order valence-corrected chi connectivity index (χ0v) is 15.0. The highest BCUT2D eigenvalue weighted by atomic mass is 32.2. The summed E-state index contributed by atoms with van der Waals surface area (Å²) in [6.45, 7) is 2.79. The van der Waals surface area contributed by atoms with Gasteiger partial charge in [-0.05, 0) is 30.0 Å². The zero-order chi connectivity index (χ0) is 17.0. The van der Waals surface area contributed by atoms with Crippen molar-refractivity contribution in [2.24, 2.45) is 0 Å². The van der Waals surface area contributed by atoms with Crippen LogP contribution in [0, 0.1) is 6.92 Å². The van der Waals surface area contributed by atoms with Crippen LogP contribution in [0.3, 0.4) is 0 Å². The second kappa shape index (κ2) is 7.29. The molecule has 0 fully saturated rings. The van der Waals surface area contributed by atoms with E-state index in [1.807, 2.05) is 60.3 Å². The van der Waals surface area contributed by atoms with Gasteiger partial charge in [-0.2, -0.15) is 16.4 Å². The van der Waals surface area contributed by atoms with Crippen LogP contribution in [0.5, 0.6) is 0 Å². The lowest BCUT2D eigenvalue weighted by molar-refractivity contribution is 0.560. The molecule has 7 heteroatoms. The first kappa shape index (κ1) is 16.9. The Morgan fingerprint density at radius 3 is 2.67 bits per heavy atom. The van der Waals surface area contributed by atoms with Gasteiger partial charge < -0.3 is 0 Å². The van der Waals surface area contributed by atoms with Gasteiger partial charge in [0.15, 0.2) is 0 Å². The molecule has 0 saturated heterocycles. The van der Waals surface area contributed by atoms with Crippen molar-refractivity contribution in [3.8, 4) is 11.3 Å². The molecule has 2 aromatic heterocycles. The predicted molar refractivity (Wildman–Crippen MR) is 97.3 cm³/mol. The minimum atomic E-state index is -3.34. The first-order valence-electron chi connectivity index (χ1n) is 7.61. The summed E-state index contributed by atoms with van der Waals surface area (Å²) >= 11 is 1.63. The van der Waals surface area contributed by atoms with Gasteiger partial charge in [0, 0.05) is 23.7 Å². The molecule has 0 saturated carbocycles. The number of nitrogens with zero attached hydrogens (tertiary/aromatic N) is 2. The van der Waals surface area contributed by atoms with Gasteiger partial charge in [0.2, 0.25) is 10.0 Å². The minimum absolute atomic E-state index is 0.00740. The second-order valence-corrected chi connectivity index (χ2v) is 8.20. The van der Waals surface area contributed by atoms with E-state index >= 15 is 0 Å². The van der Waals surface area contributed by atoms with Crippen LogP contribution in [0.4, 0.5) is 0 Å². The maximum Gasteiger partial charge on any atom is 0.215 e. The fraction of sp³-hybridized carbons (Fsp3) is 0.235. The van der Waals surface area contributed by atoms with Crippen molar-refractivity contribution in [1.82, 2.24) is 14.5 Å². The second-order valence-electron chi connectivity index (χ2n) is 5.62. The molecule has 1 N–H and O–H groups in total. The topological polar surface area (TPSA) is 64.0 Å². The molecular weight excluding hydrogens is 342 g/mol. The first-order chi connectivity index (χ1) is 11.5. The maximum atomic E-state index is 12.1. The number of thiophene rings is 1. The van der Waals surface area contributed by atoms with E-state index in [1.54, 1.807) is 16.0 Å². The molecule has 0 amide bonds. The molecule has 24 heavy (non-hydrogen) atoms. The highest BCUT2D eigenvalue weighted by Gasteiger charge is 2.11. The van der Waals surface area contributed by atoms with E-state index in [-0.39, 0.29) is 5.75 Å². The van der Waals surface area contributed by atoms with Crippen molar-refractivity contribution in [2.75, 3.05) is 6.54 Å². The van der Waals surface area contributed by atoms with Crippen LogP contribution in [0.15, 0.2) is 53.4 Å². The van der Waals surface area contributed by atoms with Gasteiger partial charge in [-0.3, -0.25) is 4.68 Å². The molecule has 0 aliphatic carbocycles. The molecular formula is C17H19N3O2S2. The van der Waals surface area contributed by atoms with E-state index in [0.29, 0.717) is 13.1 Å². The number of hydrogen-bond acceptors (Lipinski definition) is 4. The third-order valence-electron chi connectivity index (χ3n) is 3.60. The normalized spacial score (nSPS) is 11.7. The summed E-state index contributed by atoms with van der Waals surface area (Å²) in [5.41, 5.74) is 3.88. The lowest BCUT2D eigenvalue weighted by Crippen LogP contribution is -2.28. The maximum absolute atomic E-state index is 12.1. The number of hydrogen-bond donors (Lipinski definition) is 1. The minimum Gasteiger partial charge on any atom is -0.271 e. The summed E-state index contributed by atoms with van der Waals surface area (Å²) < 4.78 is 28.6. The smallest absolute Gasteiger partial charge is 0.215 e. The Balaban J connectivity index is 1.53. The molecule has 0 radical (unpaired) electrons. The number of nitrogens with one attached hydrogen (secondary N) is 1. The van der Waals surface area contributed by atoms with Crippen LogP contribution < -0.4 is 4.72 Å². The predicted octanol–water partition coefficient (Wildman–Crippen LogP) is 3.04. The van der Waals surface area contributed by atoms with Crippen LogP contribution in [-0.2, 0) is 22.3 Å². The molecule has 3 rings (SSSR count). The van der Waals surface area contributed by atoms with E-state index in [9.17, 15) is 8.42 Å². The SMILES string of the molecule is Cc1ccc(CS(=O)(=O)NCCn2ccc(-c3ccsc3)n2)cc1. The van der Waals surface area contributed by atoms with Gasteiger partial charge in [-0.25, -0.2) is 13.1 Å². The van der Waals surface area contributed by atoms with Crippen molar-refractivity contribution in [3.05, 3.63) is 64.5 Å². The van der Waals surface area contributed by atoms with E-state index in [1.165, 1.54) is 0 Å². The van der Waals surface area contributed by atoms with Crippen LogP contribution in [0.2, 0.25) is 0 Å². The number of rotatable bonds is 7. The van der Waals surface area contributed by atoms with E-state index < -0.39 is 10.0 Å². The van der Waals surface area contributed by atoms with Crippen LogP contribution >= 0.6 is 11.3 Å². The molecule has 2 heterocycles. The Bertz CT molecular complexity index is 882. The summed E-state index contributed by atoms with van der Waals surface area (Å²) in [6.07, 6.45) is 1.86. The van der Waals surface area contributed by atoms with E-state index in [0.717, 1.165) is 22.4 Å². The standard InChI is InChI=1S/C17H19N3O2S2/c1-14-2-4-15(5-3-14)13-24(21,22)18-8-10-20-9-6-17(19-20)16-7-11-23-12-16/h2-7,9,11-12,18H,8,10,13H2,1H3. The Morgan fingerprint density at radius 1 is 1.17 bits per heavy atom. The lowest BCUT2D eigenvalue weighted by Gasteiger charge is -2.07. The van der Waals surface area contributed by atoms with Crippen LogP contribution in [0.1, 0.15) is 11.1 Å². The van der Waals surface area contributed by atoms with Crippen LogP contribution in [0.25, 0.3) is 11.3 Å². The van der Waals surface area contributed by atoms with Gasteiger partial charge in [-0.15, -0.1) is 0 Å². The number of aryl methyl sites for hydroxylation is 1. The molecule has 0 aliphatic rings. The van der Waals surface area contributed by atoms with Gasteiger partial charge in [-0.1, -0.05) is 29.8 Å². The molecule has 126 valence electrons. The molecule has 0 spiro atoms. The number of sulfonamides is 1. The molecule has 1 aromatic carbocycles. The van der Waals surface area contributed by atoms with Gasteiger partial charge in [0.1, 0.15) is 0 Å². The van der Waals surface area contributed by atoms with Crippen LogP contribution in [-0.4, -0.2) is 24.7 Å². The lowest BCUT2D eigenvalue weighted by atomic mass is 10.2. The fourth-order valence-corrected chi connectivity index (χ4v) is 4.11. The van der Waals surface area contributed by atoms with Crippen molar-refractivity contribution in [3.63, 3.8) is 0 Å². The van der Waals surface area contributed by atoms with E-state index in [4.69, 9.17) is 0 Å². The molecule has 0 bridgehead atoms. The fourth-order valence-electron chi connectivity index (χ4n) is 2.32. The quantitative estimate of drug-likeness (QED) is 0.703. The van der Waals surface area contributed by atoms with Crippen molar-refractivity contribution >= 4 is 21.4 Å². The van der Waals surface area contributed by atoms with Crippen molar-refractivity contribution < 1.29 is 8.42 Å². The molecule has 0 unspecified atom stereocenters. The summed E-state index contributed by atoms with van der Waals surface area (Å²) in [7, 11) is -3.34.